The zero-order valence-electron chi connectivity index (χ0n) is 21.0. The summed E-state index contributed by atoms with van der Waals surface area (Å²) >= 11 is 0. The third kappa shape index (κ3) is 6.82. The third-order valence-corrected chi connectivity index (χ3v) is 6.05. The second-order valence-electron chi connectivity index (χ2n) is 9.78. The molecule has 1 aromatic heterocycles. The maximum atomic E-state index is 13.5. The Morgan fingerprint density at radius 1 is 1.26 bits per heavy atom. The molecule has 2 aromatic rings. The first-order valence-corrected chi connectivity index (χ1v) is 12.1. The van der Waals surface area contributed by atoms with Gasteiger partial charge >= 0.3 is 0 Å². The molecule has 1 N–H and O–H groups in total. The average molecular weight is 464 g/mol. The molecule has 0 fully saturated rings. The van der Waals surface area contributed by atoms with Crippen molar-refractivity contribution in [2.75, 3.05) is 26.7 Å². The van der Waals surface area contributed by atoms with Gasteiger partial charge in [-0.1, -0.05) is 62.9 Å². The maximum Gasteiger partial charge on any atom is 0.259 e. The highest BCUT2D eigenvalue weighted by Crippen LogP contribution is 2.27. The van der Waals surface area contributed by atoms with Crippen LogP contribution in [0.4, 0.5) is 0 Å². The zero-order valence-corrected chi connectivity index (χ0v) is 21.0. The molecule has 34 heavy (non-hydrogen) atoms. The number of ether oxygens (including phenoxy) is 1. The van der Waals surface area contributed by atoms with E-state index in [1.807, 2.05) is 25.1 Å². The first-order chi connectivity index (χ1) is 16.3. The van der Waals surface area contributed by atoms with E-state index in [9.17, 15) is 9.90 Å². The standard InChI is InChI=1S/C28H37N3O3/c1-20(2)10-9-13-24-14-25-27(29-15-24)34-26(18-30(5)17-23-11-7-6-8-12-23)21(3)16-31(28(25)33)22(4)19-32/h6-8,11-12,14-15,20-22,26,32H,10,16-19H2,1-5H3/t21-,22-,26+/m0/s1. The van der Waals surface area contributed by atoms with Crippen LogP contribution in [-0.2, 0) is 6.54 Å². The van der Waals surface area contributed by atoms with Crippen molar-refractivity contribution in [2.24, 2.45) is 11.8 Å². The number of aliphatic hydroxyl groups excluding tert-OH is 1. The van der Waals surface area contributed by atoms with E-state index in [0.717, 1.165) is 13.0 Å². The van der Waals surface area contributed by atoms with Gasteiger partial charge in [0.2, 0.25) is 5.88 Å². The van der Waals surface area contributed by atoms with E-state index in [2.05, 4.69) is 61.7 Å². The fraction of sp³-hybridized carbons (Fsp3) is 0.500. The molecular formula is C28H37N3O3. The van der Waals surface area contributed by atoms with Gasteiger partial charge in [-0.15, -0.1) is 0 Å². The van der Waals surface area contributed by atoms with Gasteiger partial charge in [0.25, 0.3) is 5.91 Å². The summed E-state index contributed by atoms with van der Waals surface area (Å²) in [7, 11) is 2.07. The van der Waals surface area contributed by atoms with Crippen LogP contribution < -0.4 is 4.74 Å². The van der Waals surface area contributed by atoms with Gasteiger partial charge in [0.05, 0.1) is 12.6 Å². The molecule has 2 heterocycles. The van der Waals surface area contributed by atoms with Crippen molar-refractivity contribution in [3.8, 4) is 17.7 Å². The molecule has 6 nitrogen and oxygen atoms in total. The van der Waals surface area contributed by atoms with Crippen LogP contribution in [0.25, 0.3) is 0 Å². The van der Waals surface area contributed by atoms with Crippen molar-refractivity contribution in [3.63, 3.8) is 0 Å². The molecule has 0 saturated heterocycles. The molecule has 182 valence electrons. The highest BCUT2D eigenvalue weighted by molar-refractivity contribution is 5.97. The monoisotopic (exact) mass is 463 g/mol. The average Bonchev–Trinajstić information content (AvgIpc) is 2.81. The molecule has 0 aliphatic carbocycles. The molecule has 6 heteroatoms. The minimum absolute atomic E-state index is 0.0524. The van der Waals surface area contributed by atoms with Crippen LogP contribution in [0.3, 0.4) is 0 Å². The molecule has 3 atom stereocenters. The molecular weight excluding hydrogens is 426 g/mol. The zero-order chi connectivity index (χ0) is 24.7. The molecule has 0 spiro atoms. The number of aromatic nitrogens is 1. The van der Waals surface area contributed by atoms with Gasteiger partial charge in [0, 0.05) is 43.7 Å². The van der Waals surface area contributed by atoms with Crippen molar-refractivity contribution in [1.82, 2.24) is 14.8 Å². The third-order valence-electron chi connectivity index (χ3n) is 6.05. The fourth-order valence-corrected chi connectivity index (χ4v) is 4.01. The molecule has 1 aromatic carbocycles. The van der Waals surface area contributed by atoms with Crippen LogP contribution >= 0.6 is 0 Å². The Labute approximate surface area is 203 Å². The van der Waals surface area contributed by atoms with Crippen LogP contribution in [0.2, 0.25) is 0 Å². The highest BCUT2D eigenvalue weighted by atomic mass is 16.5. The van der Waals surface area contributed by atoms with Gasteiger partial charge < -0.3 is 14.7 Å². The number of pyridine rings is 1. The van der Waals surface area contributed by atoms with E-state index in [1.165, 1.54) is 5.56 Å². The summed E-state index contributed by atoms with van der Waals surface area (Å²) < 4.78 is 6.38. The molecule has 1 aliphatic rings. The fourth-order valence-electron chi connectivity index (χ4n) is 4.01. The maximum absolute atomic E-state index is 13.5. The number of amides is 1. The second kappa shape index (κ2) is 12.0. The summed E-state index contributed by atoms with van der Waals surface area (Å²) in [4.78, 5) is 22.0. The van der Waals surface area contributed by atoms with Crippen molar-refractivity contribution in [2.45, 2.75) is 52.8 Å². The lowest BCUT2D eigenvalue weighted by Gasteiger charge is -2.37. The number of rotatable bonds is 7. The summed E-state index contributed by atoms with van der Waals surface area (Å²) in [6.45, 7) is 10.1. The van der Waals surface area contributed by atoms with Gasteiger partial charge in [-0.3, -0.25) is 9.69 Å². The minimum atomic E-state index is -0.306. The van der Waals surface area contributed by atoms with Crippen LogP contribution in [0, 0.1) is 23.7 Å². The van der Waals surface area contributed by atoms with Crippen molar-refractivity contribution < 1.29 is 14.6 Å². The lowest BCUT2D eigenvalue weighted by Crippen LogP contribution is -2.49. The Balaban J connectivity index is 1.89. The van der Waals surface area contributed by atoms with Crippen LogP contribution in [-0.4, -0.2) is 64.7 Å². The summed E-state index contributed by atoms with van der Waals surface area (Å²) in [5, 5.41) is 9.83. The van der Waals surface area contributed by atoms with E-state index in [-0.39, 0.29) is 30.6 Å². The van der Waals surface area contributed by atoms with E-state index in [0.29, 0.717) is 36.0 Å². The van der Waals surface area contributed by atoms with Gasteiger partial charge in [-0.05, 0) is 31.5 Å². The minimum Gasteiger partial charge on any atom is -0.472 e. The van der Waals surface area contributed by atoms with E-state index in [4.69, 9.17) is 4.74 Å². The SMILES string of the molecule is CC(C)CC#Cc1cnc2c(c1)C(=O)N([C@@H](C)CO)C[C@H](C)[C@@H](CN(C)Cc1ccccc1)O2. The molecule has 0 unspecified atom stereocenters. The van der Waals surface area contributed by atoms with Gasteiger partial charge in [-0.25, -0.2) is 4.98 Å². The number of likely N-dealkylation sites (N-methyl/N-ethyl adjacent to an activating group) is 1. The van der Waals surface area contributed by atoms with Crippen molar-refractivity contribution in [1.29, 1.82) is 0 Å². The van der Waals surface area contributed by atoms with E-state index < -0.39 is 0 Å². The molecule has 3 rings (SSSR count). The first-order valence-electron chi connectivity index (χ1n) is 12.1. The smallest absolute Gasteiger partial charge is 0.259 e. The quantitative estimate of drug-likeness (QED) is 0.632. The predicted octanol–water partition coefficient (Wildman–Crippen LogP) is 3.83. The number of carbonyl (C=O) groups is 1. The first kappa shape index (κ1) is 25.7. The topological polar surface area (TPSA) is 65.9 Å². The van der Waals surface area contributed by atoms with Gasteiger partial charge in [0.1, 0.15) is 11.7 Å². The summed E-state index contributed by atoms with van der Waals surface area (Å²) in [5.41, 5.74) is 2.33. The highest BCUT2D eigenvalue weighted by Gasteiger charge is 2.34. The number of benzene rings is 1. The van der Waals surface area contributed by atoms with Crippen LogP contribution in [0.15, 0.2) is 42.6 Å². The Morgan fingerprint density at radius 2 is 2.00 bits per heavy atom. The number of nitrogens with zero attached hydrogens (tertiary/aromatic N) is 3. The van der Waals surface area contributed by atoms with Crippen molar-refractivity contribution >= 4 is 5.91 Å². The largest absolute Gasteiger partial charge is 0.472 e. The summed E-state index contributed by atoms with van der Waals surface area (Å²) in [5.74, 6) is 6.96. The molecule has 0 radical (unpaired) electrons. The Kier molecular flexibility index (Phi) is 9.09. The van der Waals surface area contributed by atoms with Crippen LogP contribution in [0.1, 0.15) is 55.6 Å². The normalized spacial score (nSPS) is 19.1. The van der Waals surface area contributed by atoms with Gasteiger partial charge in [0.15, 0.2) is 0 Å². The summed E-state index contributed by atoms with van der Waals surface area (Å²) in [6.07, 6.45) is 2.29. The lowest BCUT2D eigenvalue weighted by molar-refractivity contribution is 0.0325. The summed E-state index contributed by atoms with van der Waals surface area (Å²) in [6, 6.07) is 11.8. The molecule has 1 amide bonds. The number of hydrogen-bond acceptors (Lipinski definition) is 5. The number of aliphatic hydroxyl groups is 1. The Morgan fingerprint density at radius 3 is 2.68 bits per heavy atom. The Bertz CT molecular complexity index is 1010. The van der Waals surface area contributed by atoms with Crippen LogP contribution in [0.5, 0.6) is 5.88 Å². The number of hydrogen-bond donors (Lipinski definition) is 1. The molecule has 0 saturated carbocycles. The Hall–Kier alpha value is -2.88. The molecule has 1 aliphatic heterocycles. The number of fused-ring (bicyclic) bond motifs is 1. The predicted molar refractivity (Wildman–Crippen MR) is 135 cm³/mol. The van der Waals surface area contributed by atoms with E-state index in [1.54, 1.807) is 17.2 Å². The lowest BCUT2D eigenvalue weighted by atomic mass is 9.99. The van der Waals surface area contributed by atoms with Crippen molar-refractivity contribution in [3.05, 3.63) is 59.3 Å². The van der Waals surface area contributed by atoms with E-state index >= 15 is 0 Å². The number of carbonyl (C=O) groups excluding carboxylic acids is 1. The molecule has 0 bridgehead atoms. The second-order valence-corrected chi connectivity index (χ2v) is 9.78. The van der Waals surface area contributed by atoms with Gasteiger partial charge in [-0.2, -0.15) is 0 Å².